The first kappa shape index (κ1) is 19.7. The lowest BCUT2D eigenvalue weighted by Gasteiger charge is -2.44. The highest BCUT2D eigenvalue weighted by atomic mass is 79.9. The summed E-state index contributed by atoms with van der Waals surface area (Å²) < 4.78 is 21.9. The first-order chi connectivity index (χ1) is 13.3. The van der Waals surface area contributed by atoms with E-state index < -0.39 is 5.67 Å². The minimum Gasteiger partial charge on any atom is -0.493 e. The lowest BCUT2D eigenvalue weighted by molar-refractivity contribution is 0.0965. The molecule has 1 saturated carbocycles. The summed E-state index contributed by atoms with van der Waals surface area (Å²) in [7, 11) is 0. The molecule has 2 N–H and O–H groups in total. The minimum atomic E-state index is -1.05. The SMILES string of the molecule is CCOc1cc(Br)ccc1[C@@H]1c2ccc(N)c(C)c2C[C@@H](C)N1CC1(F)CC1. The highest BCUT2D eigenvalue weighted by Crippen LogP contribution is 2.48. The van der Waals surface area contributed by atoms with Gasteiger partial charge in [0, 0.05) is 28.3 Å². The fourth-order valence-electron chi connectivity index (χ4n) is 4.40. The summed E-state index contributed by atoms with van der Waals surface area (Å²) in [5.41, 5.74) is 10.7. The Labute approximate surface area is 175 Å². The average Bonchev–Trinajstić information content (AvgIpc) is 3.38. The zero-order valence-electron chi connectivity index (χ0n) is 16.8. The van der Waals surface area contributed by atoms with Gasteiger partial charge in [-0.1, -0.05) is 28.1 Å². The number of rotatable bonds is 5. The highest BCUT2D eigenvalue weighted by Gasteiger charge is 2.48. The van der Waals surface area contributed by atoms with E-state index in [1.807, 2.05) is 25.1 Å². The van der Waals surface area contributed by atoms with Crippen LogP contribution < -0.4 is 10.5 Å². The van der Waals surface area contributed by atoms with E-state index >= 15 is 0 Å². The molecule has 150 valence electrons. The lowest BCUT2D eigenvalue weighted by Crippen LogP contribution is -2.46. The predicted molar refractivity (Wildman–Crippen MR) is 116 cm³/mol. The molecule has 2 aromatic carbocycles. The van der Waals surface area contributed by atoms with Crippen molar-refractivity contribution in [2.24, 2.45) is 0 Å². The van der Waals surface area contributed by atoms with Crippen LogP contribution in [0, 0.1) is 6.92 Å². The van der Waals surface area contributed by atoms with Gasteiger partial charge in [-0.15, -0.1) is 0 Å². The van der Waals surface area contributed by atoms with Gasteiger partial charge in [0.25, 0.3) is 0 Å². The molecule has 1 aliphatic carbocycles. The molecule has 0 amide bonds. The molecular weight excluding hydrogens is 419 g/mol. The van der Waals surface area contributed by atoms with Crippen LogP contribution in [0.2, 0.25) is 0 Å². The summed E-state index contributed by atoms with van der Waals surface area (Å²) in [4.78, 5) is 2.33. The maximum absolute atomic E-state index is 14.9. The summed E-state index contributed by atoms with van der Waals surface area (Å²) in [6, 6.07) is 10.5. The molecule has 2 atom stereocenters. The number of hydrogen-bond donors (Lipinski definition) is 1. The van der Waals surface area contributed by atoms with Crippen molar-refractivity contribution >= 4 is 21.6 Å². The molecule has 28 heavy (non-hydrogen) atoms. The number of benzene rings is 2. The molecule has 3 nitrogen and oxygen atoms in total. The van der Waals surface area contributed by atoms with Crippen LogP contribution >= 0.6 is 15.9 Å². The molecule has 4 rings (SSSR count). The number of anilines is 1. The fraction of sp³-hybridized carbons (Fsp3) is 0.478. The Morgan fingerprint density at radius 3 is 2.64 bits per heavy atom. The maximum Gasteiger partial charge on any atom is 0.125 e. The van der Waals surface area contributed by atoms with Crippen LogP contribution in [0.1, 0.15) is 55.0 Å². The van der Waals surface area contributed by atoms with Gasteiger partial charge in [-0.3, -0.25) is 4.90 Å². The molecule has 0 aromatic heterocycles. The van der Waals surface area contributed by atoms with Gasteiger partial charge in [-0.05, 0) is 74.9 Å². The minimum absolute atomic E-state index is 0.0408. The number of ether oxygens (including phenoxy) is 1. The number of nitrogen functional groups attached to an aromatic ring is 1. The van der Waals surface area contributed by atoms with Crippen LogP contribution in [0.25, 0.3) is 0 Å². The van der Waals surface area contributed by atoms with Crippen molar-refractivity contribution in [1.82, 2.24) is 4.90 Å². The standard InChI is InChI=1S/C23H28BrFN2O/c1-4-28-21-12-16(24)5-6-18(21)22-17-7-8-20(26)15(3)19(17)11-14(2)27(22)13-23(25)9-10-23/h5-8,12,14,22H,4,9-11,13,26H2,1-3H3/t14-,22+/m1/s1. The summed E-state index contributed by atoms with van der Waals surface area (Å²) in [5.74, 6) is 0.852. The van der Waals surface area contributed by atoms with Crippen molar-refractivity contribution in [2.75, 3.05) is 18.9 Å². The number of halogens is 2. The second-order valence-electron chi connectivity index (χ2n) is 8.24. The van der Waals surface area contributed by atoms with Gasteiger partial charge in [0.05, 0.1) is 12.6 Å². The number of nitrogens with two attached hydrogens (primary N) is 1. The Kier molecular flexibility index (Phi) is 5.17. The maximum atomic E-state index is 14.9. The second kappa shape index (κ2) is 7.34. The van der Waals surface area contributed by atoms with E-state index in [0.717, 1.165) is 33.5 Å². The van der Waals surface area contributed by atoms with Gasteiger partial charge in [-0.25, -0.2) is 4.39 Å². The van der Waals surface area contributed by atoms with Crippen molar-refractivity contribution in [2.45, 2.75) is 57.8 Å². The fourth-order valence-corrected chi connectivity index (χ4v) is 4.74. The zero-order chi connectivity index (χ0) is 20.1. The second-order valence-corrected chi connectivity index (χ2v) is 9.16. The molecule has 1 fully saturated rings. The van der Waals surface area contributed by atoms with Gasteiger partial charge in [0.1, 0.15) is 11.4 Å². The summed E-state index contributed by atoms with van der Waals surface area (Å²) in [5, 5.41) is 0. The van der Waals surface area contributed by atoms with Crippen molar-refractivity contribution in [3.63, 3.8) is 0 Å². The summed E-state index contributed by atoms with van der Waals surface area (Å²) in [6.45, 7) is 7.33. The molecule has 2 aromatic rings. The molecule has 0 radical (unpaired) electrons. The van der Waals surface area contributed by atoms with E-state index in [4.69, 9.17) is 10.5 Å². The largest absolute Gasteiger partial charge is 0.493 e. The van der Waals surface area contributed by atoms with Gasteiger partial charge >= 0.3 is 0 Å². The Hall–Kier alpha value is -1.59. The number of nitrogens with zero attached hydrogens (tertiary/aromatic N) is 1. The number of hydrogen-bond acceptors (Lipinski definition) is 3. The van der Waals surface area contributed by atoms with Crippen molar-refractivity contribution in [3.05, 3.63) is 57.1 Å². The van der Waals surface area contributed by atoms with E-state index in [9.17, 15) is 4.39 Å². The van der Waals surface area contributed by atoms with E-state index in [0.29, 0.717) is 26.0 Å². The zero-order valence-corrected chi connectivity index (χ0v) is 18.4. The van der Waals surface area contributed by atoms with Crippen LogP contribution in [0.4, 0.5) is 10.1 Å². The van der Waals surface area contributed by atoms with Gasteiger partial charge in [0.15, 0.2) is 0 Å². The van der Waals surface area contributed by atoms with Crippen LogP contribution in [-0.4, -0.2) is 29.8 Å². The quantitative estimate of drug-likeness (QED) is 0.609. The van der Waals surface area contributed by atoms with Crippen molar-refractivity contribution in [3.8, 4) is 5.75 Å². The van der Waals surface area contributed by atoms with Crippen molar-refractivity contribution < 1.29 is 9.13 Å². The van der Waals surface area contributed by atoms with Gasteiger partial charge in [-0.2, -0.15) is 0 Å². The molecule has 1 heterocycles. The third kappa shape index (κ3) is 3.55. The van der Waals surface area contributed by atoms with E-state index in [-0.39, 0.29) is 12.1 Å². The van der Waals surface area contributed by atoms with Crippen LogP contribution in [0.15, 0.2) is 34.8 Å². The molecular formula is C23H28BrFN2O. The third-order valence-electron chi connectivity index (χ3n) is 6.20. The van der Waals surface area contributed by atoms with Crippen LogP contribution in [-0.2, 0) is 6.42 Å². The third-order valence-corrected chi connectivity index (χ3v) is 6.69. The van der Waals surface area contributed by atoms with Crippen LogP contribution in [0.3, 0.4) is 0 Å². The molecule has 5 heteroatoms. The predicted octanol–water partition coefficient (Wildman–Crippen LogP) is 5.58. The average molecular weight is 447 g/mol. The highest BCUT2D eigenvalue weighted by molar-refractivity contribution is 9.10. The normalized spacial score (nSPS) is 23.3. The van der Waals surface area contributed by atoms with E-state index in [1.54, 1.807) is 0 Å². The summed E-state index contributed by atoms with van der Waals surface area (Å²) in [6.07, 6.45) is 2.21. The van der Waals surface area contributed by atoms with E-state index in [1.165, 1.54) is 11.1 Å². The Balaban J connectivity index is 1.88. The monoisotopic (exact) mass is 446 g/mol. The summed E-state index contributed by atoms with van der Waals surface area (Å²) >= 11 is 3.56. The van der Waals surface area contributed by atoms with Gasteiger partial charge < -0.3 is 10.5 Å². The molecule has 0 saturated heterocycles. The smallest absolute Gasteiger partial charge is 0.125 e. The first-order valence-electron chi connectivity index (χ1n) is 10.1. The lowest BCUT2D eigenvalue weighted by atomic mass is 9.82. The van der Waals surface area contributed by atoms with Crippen molar-refractivity contribution in [1.29, 1.82) is 0 Å². The molecule has 0 bridgehead atoms. The first-order valence-corrected chi connectivity index (χ1v) is 10.9. The number of fused-ring (bicyclic) bond motifs is 1. The Morgan fingerprint density at radius 1 is 1.25 bits per heavy atom. The molecule has 0 unspecified atom stereocenters. The van der Waals surface area contributed by atoms with E-state index in [2.05, 4.69) is 46.8 Å². The molecule has 1 aliphatic heterocycles. The van der Waals surface area contributed by atoms with Gasteiger partial charge in [0.2, 0.25) is 0 Å². The Bertz CT molecular complexity index is 896. The van der Waals surface area contributed by atoms with Crippen LogP contribution in [0.5, 0.6) is 5.75 Å². The topological polar surface area (TPSA) is 38.5 Å². The Morgan fingerprint density at radius 2 is 1.96 bits per heavy atom. The molecule has 0 spiro atoms. The number of alkyl halides is 1. The molecule has 2 aliphatic rings.